The fraction of sp³-hybridized carbons (Fsp3) is 0.500. The van der Waals surface area contributed by atoms with Gasteiger partial charge in [0.25, 0.3) is 0 Å². The van der Waals surface area contributed by atoms with Gasteiger partial charge in [0.05, 0.1) is 17.4 Å². The number of hydrogen-bond acceptors (Lipinski definition) is 4. The molecule has 0 saturated carbocycles. The highest BCUT2D eigenvalue weighted by Gasteiger charge is 2.41. The van der Waals surface area contributed by atoms with Gasteiger partial charge in [-0.3, -0.25) is 5.32 Å². The van der Waals surface area contributed by atoms with E-state index < -0.39 is 18.4 Å². The summed E-state index contributed by atoms with van der Waals surface area (Å²) < 4.78 is 27.3. The minimum absolute atomic E-state index is 0.216. The molecule has 0 aromatic rings. The highest BCUT2D eigenvalue weighted by Crippen LogP contribution is 2.32. The van der Waals surface area contributed by atoms with Crippen LogP contribution in [0, 0.1) is 0 Å². The standard InChI is InChI=1S/C12H18F2N4/c13-6-12(8-3-1-2-4-9(8)14)7-17-10(5-15)11(16)18-12/h3-5,11,17-18H,1-2,6-7,15-16H2/b10-5-. The van der Waals surface area contributed by atoms with Crippen LogP contribution in [-0.4, -0.2) is 24.9 Å². The first-order chi connectivity index (χ1) is 8.63. The van der Waals surface area contributed by atoms with E-state index in [1.54, 1.807) is 6.08 Å². The third kappa shape index (κ3) is 2.13. The van der Waals surface area contributed by atoms with E-state index in [0.717, 1.165) is 0 Å². The van der Waals surface area contributed by atoms with Crippen molar-refractivity contribution < 1.29 is 8.78 Å². The first kappa shape index (κ1) is 13.0. The Morgan fingerprint density at radius 1 is 1.44 bits per heavy atom. The second kappa shape index (κ2) is 5.07. The summed E-state index contributed by atoms with van der Waals surface area (Å²) >= 11 is 0. The Morgan fingerprint density at radius 3 is 2.72 bits per heavy atom. The number of piperazine rings is 1. The van der Waals surface area contributed by atoms with Crippen LogP contribution >= 0.6 is 0 Å². The Kier molecular flexibility index (Phi) is 3.68. The van der Waals surface area contributed by atoms with Gasteiger partial charge in [-0.05, 0) is 18.9 Å². The third-order valence-electron chi connectivity index (χ3n) is 3.38. The fourth-order valence-corrected chi connectivity index (χ4v) is 2.35. The lowest BCUT2D eigenvalue weighted by molar-refractivity contribution is 0.231. The van der Waals surface area contributed by atoms with Crippen LogP contribution in [0.15, 0.2) is 35.4 Å². The predicted molar refractivity (Wildman–Crippen MR) is 66.6 cm³/mol. The van der Waals surface area contributed by atoms with E-state index in [1.807, 2.05) is 0 Å². The molecule has 0 amide bonds. The van der Waals surface area contributed by atoms with Gasteiger partial charge in [-0.25, -0.2) is 8.78 Å². The molecule has 0 aromatic carbocycles. The summed E-state index contributed by atoms with van der Waals surface area (Å²) in [5, 5.41) is 5.88. The van der Waals surface area contributed by atoms with Gasteiger partial charge in [0.15, 0.2) is 0 Å². The molecule has 6 heteroatoms. The number of nitrogens with two attached hydrogens (primary N) is 2. The zero-order valence-corrected chi connectivity index (χ0v) is 10.0. The van der Waals surface area contributed by atoms with Gasteiger partial charge in [0, 0.05) is 18.3 Å². The lowest BCUT2D eigenvalue weighted by Crippen LogP contribution is -2.67. The first-order valence-corrected chi connectivity index (χ1v) is 5.94. The quantitative estimate of drug-likeness (QED) is 0.582. The number of rotatable bonds is 2. The van der Waals surface area contributed by atoms with Crippen molar-refractivity contribution in [3.8, 4) is 0 Å². The molecule has 100 valence electrons. The van der Waals surface area contributed by atoms with Crippen molar-refractivity contribution >= 4 is 0 Å². The molecule has 2 rings (SSSR count). The van der Waals surface area contributed by atoms with Gasteiger partial charge in [0.1, 0.15) is 12.5 Å². The number of alkyl halides is 1. The van der Waals surface area contributed by atoms with E-state index in [2.05, 4.69) is 10.6 Å². The largest absolute Gasteiger partial charge is 0.403 e. The van der Waals surface area contributed by atoms with Gasteiger partial charge in [0.2, 0.25) is 0 Å². The van der Waals surface area contributed by atoms with Crippen LogP contribution in [0.3, 0.4) is 0 Å². The Labute approximate surface area is 105 Å². The maximum absolute atomic E-state index is 13.8. The van der Waals surface area contributed by atoms with Crippen LogP contribution < -0.4 is 22.1 Å². The number of nitrogens with one attached hydrogen (secondary N) is 2. The monoisotopic (exact) mass is 256 g/mol. The average molecular weight is 256 g/mol. The Morgan fingerprint density at radius 2 is 2.17 bits per heavy atom. The molecule has 2 atom stereocenters. The van der Waals surface area contributed by atoms with Crippen LogP contribution in [0.5, 0.6) is 0 Å². The smallest absolute Gasteiger partial charge is 0.124 e. The predicted octanol–water partition coefficient (Wildman–Crippen LogP) is 0.546. The second-order valence-electron chi connectivity index (χ2n) is 4.56. The van der Waals surface area contributed by atoms with Gasteiger partial charge in [-0.2, -0.15) is 0 Å². The highest BCUT2D eigenvalue weighted by molar-refractivity contribution is 5.41. The summed E-state index contributed by atoms with van der Waals surface area (Å²) in [5.41, 5.74) is 11.0. The third-order valence-corrected chi connectivity index (χ3v) is 3.38. The molecule has 4 nitrogen and oxygen atoms in total. The normalized spacial score (nSPS) is 34.8. The van der Waals surface area contributed by atoms with Crippen molar-refractivity contribution in [2.45, 2.75) is 24.5 Å². The zero-order valence-electron chi connectivity index (χ0n) is 10.0. The van der Waals surface area contributed by atoms with E-state index in [-0.39, 0.29) is 12.4 Å². The van der Waals surface area contributed by atoms with Crippen molar-refractivity contribution in [1.82, 2.24) is 10.6 Å². The molecule has 2 unspecified atom stereocenters. The molecular weight excluding hydrogens is 238 g/mol. The van der Waals surface area contributed by atoms with E-state index in [1.165, 1.54) is 12.3 Å². The molecule has 0 spiro atoms. The molecule has 0 aromatic heterocycles. The molecule has 1 aliphatic carbocycles. The van der Waals surface area contributed by atoms with Crippen molar-refractivity contribution in [2.24, 2.45) is 11.5 Å². The molecule has 2 aliphatic rings. The molecule has 1 fully saturated rings. The summed E-state index contributed by atoms with van der Waals surface area (Å²) in [7, 11) is 0. The van der Waals surface area contributed by atoms with Crippen LogP contribution in [0.1, 0.15) is 12.8 Å². The summed E-state index contributed by atoms with van der Waals surface area (Å²) in [4.78, 5) is 0. The lowest BCUT2D eigenvalue weighted by atomic mass is 9.84. The van der Waals surface area contributed by atoms with E-state index in [9.17, 15) is 8.78 Å². The number of hydrogen-bond donors (Lipinski definition) is 4. The Hall–Kier alpha value is -1.40. The summed E-state index contributed by atoms with van der Waals surface area (Å²) in [6.07, 6.45) is 5.27. The van der Waals surface area contributed by atoms with Crippen molar-refractivity contribution in [3.63, 3.8) is 0 Å². The van der Waals surface area contributed by atoms with Crippen LogP contribution in [0.4, 0.5) is 8.78 Å². The lowest BCUT2D eigenvalue weighted by Gasteiger charge is -2.43. The van der Waals surface area contributed by atoms with Crippen molar-refractivity contribution in [1.29, 1.82) is 0 Å². The van der Waals surface area contributed by atoms with E-state index in [0.29, 0.717) is 24.1 Å². The molecule has 0 radical (unpaired) electrons. The summed E-state index contributed by atoms with van der Waals surface area (Å²) in [6.45, 7) is -0.522. The maximum atomic E-state index is 13.8. The topological polar surface area (TPSA) is 76.1 Å². The zero-order chi connectivity index (χ0) is 13.2. The van der Waals surface area contributed by atoms with Crippen molar-refractivity contribution in [3.05, 3.63) is 35.4 Å². The van der Waals surface area contributed by atoms with E-state index >= 15 is 0 Å². The molecule has 0 bridgehead atoms. The van der Waals surface area contributed by atoms with Gasteiger partial charge >= 0.3 is 0 Å². The molecule has 6 N–H and O–H groups in total. The Balaban J connectivity index is 2.28. The fourth-order valence-electron chi connectivity index (χ4n) is 2.35. The SMILES string of the molecule is N/C=C1\NCC(CF)(C2=CCCC=C2F)NC1N. The summed E-state index contributed by atoms with van der Waals surface area (Å²) in [5.74, 6) is -0.374. The average Bonchev–Trinajstić information content (AvgIpc) is 2.39. The van der Waals surface area contributed by atoms with Crippen LogP contribution in [0.2, 0.25) is 0 Å². The van der Waals surface area contributed by atoms with Crippen LogP contribution in [-0.2, 0) is 0 Å². The number of halogens is 2. The van der Waals surface area contributed by atoms with E-state index in [4.69, 9.17) is 11.5 Å². The van der Waals surface area contributed by atoms with Gasteiger partial charge in [-0.1, -0.05) is 6.08 Å². The second-order valence-corrected chi connectivity index (χ2v) is 4.56. The minimum atomic E-state index is -1.12. The molecule has 1 saturated heterocycles. The number of allylic oxidation sites excluding steroid dienone is 2. The molecular formula is C12H18F2N4. The van der Waals surface area contributed by atoms with Crippen molar-refractivity contribution in [2.75, 3.05) is 13.2 Å². The van der Waals surface area contributed by atoms with Crippen LogP contribution in [0.25, 0.3) is 0 Å². The van der Waals surface area contributed by atoms with Gasteiger partial charge in [-0.15, -0.1) is 0 Å². The molecule has 1 heterocycles. The first-order valence-electron chi connectivity index (χ1n) is 5.94. The summed E-state index contributed by atoms with van der Waals surface area (Å²) in [6, 6.07) is 0. The maximum Gasteiger partial charge on any atom is 0.124 e. The Bertz CT molecular complexity index is 416. The minimum Gasteiger partial charge on any atom is -0.403 e. The molecule has 18 heavy (non-hydrogen) atoms. The highest BCUT2D eigenvalue weighted by atomic mass is 19.1. The molecule has 1 aliphatic heterocycles. The van der Waals surface area contributed by atoms with Gasteiger partial charge < -0.3 is 16.8 Å².